The highest BCUT2D eigenvalue weighted by Crippen LogP contribution is 2.49. The van der Waals surface area contributed by atoms with Gasteiger partial charge in [-0.1, -0.05) is 42.1 Å². The SMILES string of the molecule is COc1ccccc1CNC(=O)c1ccc2c(c1)N(C(C)CN1CCCC1)c1ccccc1S2. The summed E-state index contributed by atoms with van der Waals surface area (Å²) in [6.45, 7) is 6.08. The number of para-hydroxylation sites is 2. The lowest BCUT2D eigenvalue weighted by Crippen LogP contribution is -2.40. The molecule has 3 aromatic rings. The van der Waals surface area contributed by atoms with Crippen molar-refractivity contribution in [3.63, 3.8) is 0 Å². The van der Waals surface area contributed by atoms with E-state index in [0.29, 0.717) is 18.2 Å². The van der Waals surface area contributed by atoms with Crippen LogP contribution >= 0.6 is 11.8 Å². The Morgan fingerprint density at radius 2 is 1.74 bits per heavy atom. The van der Waals surface area contributed by atoms with E-state index in [4.69, 9.17) is 4.74 Å². The predicted molar refractivity (Wildman–Crippen MR) is 138 cm³/mol. The fraction of sp³-hybridized carbons (Fsp3) is 0.321. The second kappa shape index (κ2) is 10.1. The Morgan fingerprint density at radius 1 is 1.00 bits per heavy atom. The van der Waals surface area contributed by atoms with Crippen LogP contribution in [0.2, 0.25) is 0 Å². The lowest BCUT2D eigenvalue weighted by atomic mass is 10.1. The summed E-state index contributed by atoms with van der Waals surface area (Å²) < 4.78 is 5.42. The zero-order chi connectivity index (χ0) is 23.5. The maximum Gasteiger partial charge on any atom is 0.251 e. The summed E-state index contributed by atoms with van der Waals surface area (Å²) in [5.74, 6) is 0.702. The molecule has 1 fully saturated rings. The van der Waals surface area contributed by atoms with Crippen molar-refractivity contribution in [2.45, 2.75) is 42.1 Å². The molecule has 0 saturated carbocycles. The minimum atomic E-state index is -0.0790. The van der Waals surface area contributed by atoms with Gasteiger partial charge in [0.15, 0.2) is 0 Å². The molecule has 1 atom stereocenters. The summed E-state index contributed by atoms with van der Waals surface area (Å²) >= 11 is 1.78. The van der Waals surface area contributed by atoms with Gasteiger partial charge in [-0.15, -0.1) is 0 Å². The zero-order valence-electron chi connectivity index (χ0n) is 19.8. The molecule has 34 heavy (non-hydrogen) atoms. The van der Waals surface area contributed by atoms with Crippen molar-refractivity contribution < 1.29 is 9.53 Å². The maximum absolute atomic E-state index is 13.1. The number of carbonyl (C=O) groups is 1. The molecule has 2 aliphatic heterocycles. The first-order valence-electron chi connectivity index (χ1n) is 12.0. The third-order valence-corrected chi connectivity index (χ3v) is 7.75. The number of nitrogens with zero attached hydrogens (tertiary/aromatic N) is 2. The van der Waals surface area contributed by atoms with Crippen molar-refractivity contribution in [1.82, 2.24) is 10.2 Å². The third-order valence-electron chi connectivity index (χ3n) is 6.62. The van der Waals surface area contributed by atoms with Gasteiger partial charge < -0.3 is 19.9 Å². The predicted octanol–water partition coefficient (Wildman–Crippen LogP) is 5.71. The summed E-state index contributed by atoms with van der Waals surface area (Å²) in [7, 11) is 1.65. The number of anilines is 2. The van der Waals surface area contributed by atoms with E-state index in [0.717, 1.165) is 23.5 Å². The van der Waals surface area contributed by atoms with Crippen LogP contribution in [0.15, 0.2) is 76.5 Å². The van der Waals surface area contributed by atoms with E-state index >= 15 is 0 Å². The van der Waals surface area contributed by atoms with Crippen molar-refractivity contribution in [1.29, 1.82) is 0 Å². The van der Waals surface area contributed by atoms with Crippen LogP contribution in [0, 0.1) is 0 Å². The molecule has 0 aromatic heterocycles. The molecular weight excluding hydrogens is 442 g/mol. The summed E-state index contributed by atoms with van der Waals surface area (Å²) in [6.07, 6.45) is 2.57. The number of amides is 1. The first-order valence-corrected chi connectivity index (χ1v) is 12.8. The second-order valence-electron chi connectivity index (χ2n) is 8.97. The van der Waals surface area contributed by atoms with Gasteiger partial charge in [0.2, 0.25) is 0 Å². The molecule has 2 aliphatic rings. The van der Waals surface area contributed by atoms with Crippen LogP contribution in [0.25, 0.3) is 0 Å². The normalized spacial score (nSPS) is 16.0. The first-order chi connectivity index (χ1) is 16.6. The molecular formula is C28H31N3O2S. The summed E-state index contributed by atoms with van der Waals surface area (Å²) in [4.78, 5) is 20.5. The molecule has 176 valence electrons. The summed E-state index contributed by atoms with van der Waals surface area (Å²) in [5, 5.41) is 3.07. The topological polar surface area (TPSA) is 44.8 Å². The number of hydrogen-bond acceptors (Lipinski definition) is 5. The Hall–Kier alpha value is -2.96. The van der Waals surface area contributed by atoms with Crippen LogP contribution < -0.4 is 15.0 Å². The van der Waals surface area contributed by atoms with Crippen LogP contribution in [0.1, 0.15) is 35.7 Å². The number of hydrogen-bond donors (Lipinski definition) is 1. The van der Waals surface area contributed by atoms with Gasteiger partial charge in [-0.25, -0.2) is 0 Å². The number of likely N-dealkylation sites (tertiary alicyclic amines) is 1. The Bertz CT molecular complexity index is 1180. The van der Waals surface area contributed by atoms with Gasteiger partial charge in [0, 0.05) is 40.0 Å². The van der Waals surface area contributed by atoms with Gasteiger partial charge in [0.25, 0.3) is 5.91 Å². The average molecular weight is 474 g/mol. The lowest BCUT2D eigenvalue weighted by Gasteiger charge is -2.39. The molecule has 1 N–H and O–H groups in total. The Balaban J connectivity index is 1.41. The van der Waals surface area contributed by atoms with Crippen LogP contribution in [0.5, 0.6) is 5.75 Å². The molecule has 5 rings (SSSR count). The van der Waals surface area contributed by atoms with Gasteiger partial charge in [-0.3, -0.25) is 4.79 Å². The number of ether oxygens (including phenoxy) is 1. The highest BCUT2D eigenvalue weighted by Gasteiger charge is 2.29. The second-order valence-corrected chi connectivity index (χ2v) is 10.1. The molecule has 5 nitrogen and oxygen atoms in total. The average Bonchev–Trinajstić information content (AvgIpc) is 3.38. The Labute approximate surface area is 206 Å². The number of benzene rings is 3. The molecule has 0 aliphatic carbocycles. The number of fused-ring (bicyclic) bond motifs is 2. The third kappa shape index (κ3) is 4.65. The monoisotopic (exact) mass is 473 g/mol. The molecule has 1 saturated heterocycles. The largest absolute Gasteiger partial charge is 0.496 e. The Morgan fingerprint density at radius 3 is 2.56 bits per heavy atom. The van der Waals surface area contributed by atoms with Crippen LogP contribution in [-0.4, -0.2) is 43.6 Å². The zero-order valence-corrected chi connectivity index (χ0v) is 20.6. The molecule has 1 unspecified atom stereocenters. The molecule has 1 amide bonds. The van der Waals surface area contributed by atoms with E-state index in [1.165, 1.54) is 41.4 Å². The standard InChI is InChI=1S/C28H31N3O2S/c1-20(19-30-15-7-8-16-30)31-23-10-4-6-12-26(23)34-27-14-13-21(17-24(27)31)28(32)29-18-22-9-3-5-11-25(22)33-2/h3-6,9-14,17,20H,7-8,15-16,18-19H2,1-2H3,(H,29,32). The fourth-order valence-electron chi connectivity index (χ4n) is 4.95. The van der Waals surface area contributed by atoms with Crippen molar-refractivity contribution in [3.8, 4) is 5.75 Å². The highest BCUT2D eigenvalue weighted by molar-refractivity contribution is 7.99. The van der Waals surface area contributed by atoms with E-state index in [-0.39, 0.29) is 5.91 Å². The van der Waals surface area contributed by atoms with Crippen molar-refractivity contribution >= 4 is 29.0 Å². The van der Waals surface area contributed by atoms with Gasteiger partial charge in [-0.05, 0) is 69.3 Å². The van der Waals surface area contributed by atoms with Crippen molar-refractivity contribution in [2.24, 2.45) is 0 Å². The first kappa shape index (κ1) is 22.8. The molecule has 6 heteroatoms. The van der Waals surface area contributed by atoms with Crippen LogP contribution in [0.4, 0.5) is 11.4 Å². The molecule has 2 heterocycles. The summed E-state index contributed by atoms with van der Waals surface area (Å²) in [5.41, 5.74) is 3.97. The highest BCUT2D eigenvalue weighted by atomic mass is 32.2. The molecule has 0 radical (unpaired) electrons. The molecule has 0 bridgehead atoms. The van der Waals surface area contributed by atoms with Crippen molar-refractivity contribution in [2.75, 3.05) is 31.6 Å². The maximum atomic E-state index is 13.1. The number of rotatable bonds is 7. The minimum Gasteiger partial charge on any atom is -0.496 e. The van der Waals surface area contributed by atoms with Crippen LogP contribution in [0.3, 0.4) is 0 Å². The Kier molecular flexibility index (Phi) is 6.79. The van der Waals surface area contributed by atoms with E-state index in [9.17, 15) is 4.79 Å². The van der Waals surface area contributed by atoms with Gasteiger partial charge in [0.1, 0.15) is 5.75 Å². The number of carbonyl (C=O) groups excluding carboxylic acids is 1. The van der Waals surface area contributed by atoms with Crippen LogP contribution in [-0.2, 0) is 6.54 Å². The van der Waals surface area contributed by atoms with Gasteiger partial charge in [-0.2, -0.15) is 0 Å². The van der Waals surface area contributed by atoms with E-state index < -0.39 is 0 Å². The van der Waals surface area contributed by atoms with Gasteiger partial charge >= 0.3 is 0 Å². The molecule has 0 spiro atoms. The quantitative estimate of drug-likeness (QED) is 0.476. The number of methoxy groups -OCH3 is 1. The van der Waals surface area contributed by atoms with Crippen molar-refractivity contribution in [3.05, 3.63) is 77.9 Å². The van der Waals surface area contributed by atoms with E-state index in [1.807, 2.05) is 30.3 Å². The van der Waals surface area contributed by atoms with E-state index in [1.54, 1.807) is 18.9 Å². The summed E-state index contributed by atoms with van der Waals surface area (Å²) in [6, 6.07) is 22.7. The molecule has 3 aromatic carbocycles. The lowest BCUT2D eigenvalue weighted by molar-refractivity contribution is 0.0950. The van der Waals surface area contributed by atoms with E-state index in [2.05, 4.69) is 58.4 Å². The fourth-order valence-corrected chi connectivity index (χ4v) is 6.00. The minimum absolute atomic E-state index is 0.0790. The smallest absolute Gasteiger partial charge is 0.251 e. The number of nitrogens with one attached hydrogen (secondary N) is 1. The van der Waals surface area contributed by atoms with Gasteiger partial charge in [0.05, 0.1) is 18.5 Å².